The van der Waals surface area contributed by atoms with Crippen molar-refractivity contribution in [2.24, 2.45) is 5.10 Å². The number of nitrogens with one attached hydrogen (secondary N) is 1. The highest BCUT2D eigenvalue weighted by Gasteiger charge is 2.01. The van der Waals surface area contributed by atoms with Crippen LogP contribution in [0.4, 0.5) is 0 Å². The van der Waals surface area contributed by atoms with Gasteiger partial charge in [0.25, 0.3) is 5.91 Å². The average Bonchev–Trinajstić information content (AvgIpc) is 2.26. The fraction of sp³-hybridized carbons (Fsp3) is 0.231. The molecule has 0 aliphatic carbocycles. The van der Waals surface area contributed by atoms with Crippen molar-refractivity contribution in [2.45, 2.75) is 20.8 Å². The van der Waals surface area contributed by atoms with E-state index < -0.39 is 0 Å². The predicted molar refractivity (Wildman–Crippen MR) is 66.4 cm³/mol. The summed E-state index contributed by atoms with van der Waals surface area (Å²) < 4.78 is 0. The molecular formula is C13H16N2O. The zero-order chi connectivity index (χ0) is 12.0. The van der Waals surface area contributed by atoms with Crippen molar-refractivity contribution in [3.63, 3.8) is 0 Å². The van der Waals surface area contributed by atoms with Gasteiger partial charge in [0.2, 0.25) is 0 Å². The van der Waals surface area contributed by atoms with Gasteiger partial charge in [-0.05, 0) is 39.0 Å². The van der Waals surface area contributed by atoms with E-state index in [2.05, 4.69) is 10.5 Å². The lowest BCUT2D eigenvalue weighted by Gasteiger charge is -2.00. The molecule has 0 aliphatic heterocycles. The molecule has 1 rings (SSSR count). The molecule has 0 aliphatic rings. The summed E-state index contributed by atoms with van der Waals surface area (Å²) in [5, 5.41) is 3.98. The second kappa shape index (κ2) is 5.85. The Bertz CT molecular complexity index is 415. The van der Waals surface area contributed by atoms with E-state index in [1.54, 1.807) is 12.1 Å². The summed E-state index contributed by atoms with van der Waals surface area (Å²) >= 11 is 0. The number of nitrogens with zero attached hydrogens (tertiary/aromatic N) is 1. The molecule has 0 fully saturated rings. The first-order valence-corrected chi connectivity index (χ1v) is 5.14. The van der Waals surface area contributed by atoms with Crippen LogP contribution >= 0.6 is 0 Å². The van der Waals surface area contributed by atoms with Crippen molar-refractivity contribution >= 4 is 11.6 Å². The first kappa shape index (κ1) is 12.2. The minimum absolute atomic E-state index is 0.192. The molecule has 1 N–H and O–H groups in total. The van der Waals surface area contributed by atoms with E-state index in [-0.39, 0.29) is 5.91 Å². The smallest absolute Gasteiger partial charge is 0.267 e. The van der Waals surface area contributed by atoms with E-state index in [0.717, 1.165) is 11.3 Å². The fourth-order valence-electron chi connectivity index (χ4n) is 1.24. The number of hydrogen-bond donors (Lipinski definition) is 1. The maximum atomic E-state index is 11.6. The lowest BCUT2D eigenvalue weighted by atomic mass is 10.2. The summed E-state index contributed by atoms with van der Waals surface area (Å²) in [6.45, 7) is 5.81. The Morgan fingerprint density at radius 1 is 1.19 bits per heavy atom. The summed E-state index contributed by atoms with van der Waals surface area (Å²) in [4.78, 5) is 11.6. The monoisotopic (exact) mass is 216 g/mol. The van der Waals surface area contributed by atoms with Crippen LogP contribution in [0.2, 0.25) is 0 Å². The maximum absolute atomic E-state index is 11.6. The van der Waals surface area contributed by atoms with E-state index in [4.69, 9.17) is 0 Å². The van der Waals surface area contributed by atoms with Gasteiger partial charge in [0.1, 0.15) is 0 Å². The van der Waals surface area contributed by atoms with Gasteiger partial charge < -0.3 is 0 Å². The number of hydrogen-bond acceptors (Lipinski definition) is 2. The minimum Gasteiger partial charge on any atom is -0.267 e. The number of hydrazone groups is 1. The van der Waals surface area contributed by atoms with Crippen molar-refractivity contribution in [2.75, 3.05) is 0 Å². The largest absolute Gasteiger partial charge is 0.271 e. The topological polar surface area (TPSA) is 41.5 Å². The number of carbonyl (C=O) groups excluding carboxylic acids is 1. The Morgan fingerprint density at radius 3 is 2.38 bits per heavy atom. The summed E-state index contributed by atoms with van der Waals surface area (Å²) in [5.74, 6) is -0.192. The SMILES string of the molecule is CC(C)=C/C(C)=N\NC(=O)c1ccccc1. The summed E-state index contributed by atoms with van der Waals surface area (Å²) in [6.07, 6.45) is 1.91. The van der Waals surface area contributed by atoms with Gasteiger partial charge >= 0.3 is 0 Å². The standard InChI is InChI=1S/C13H16N2O/c1-10(2)9-11(3)14-15-13(16)12-7-5-4-6-8-12/h4-9H,1-3H3,(H,15,16)/b14-11-. The van der Waals surface area contributed by atoms with Crippen LogP contribution in [0.5, 0.6) is 0 Å². The molecule has 0 saturated carbocycles. The zero-order valence-electron chi connectivity index (χ0n) is 9.82. The minimum atomic E-state index is -0.192. The number of carbonyl (C=O) groups is 1. The molecule has 0 bridgehead atoms. The molecule has 3 heteroatoms. The van der Waals surface area contributed by atoms with Crippen molar-refractivity contribution in [1.29, 1.82) is 0 Å². The van der Waals surface area contributed by atoms with Crippen LogP contribution in [0.1, 0.15) is 31.1 Å². The Labute approximate surface area is 95.9 Å². The van der Waals surface area contributed by atoms with E-state index >= 15 is 0 Å². The number of amides is 1. The third-order valence-corrected chi connectivity index (χ3v) is 1.87. The van der Waals surface area contributed by atoms with Crippen molar-refractivity contribution in [1.82, 2.24) is 5.43 Å². The summed E-state index contributed by atoms with van der Waals surface area (Å²) in [5.41, 5.74) is 5.05. The van der Waals surface area contributed by atoms with E-state index in [1.165, 1.54) is 0 Å². The molecule has 84 valence electrons. The maximum Gasteiger partial charge on any atom is 0.271 e. The second-order valence-corrected chi connectivity index (χ2v) is 3.78. The highest BCUT2D eigenvalue weighted by atomic mass is 16.2. The van der Waals surface area contributed by atoms with Gasteiger partial charge in [0.05, 0.1) is 5.71 Å². The van der Waals surface area contributed by atoms with Crippen LogP contribution in [-0.2, 0) is 0 Å². The first-order chi connectivity index (χ1) is 7.59. The van der Waals surface area contributed by atoms with Gasteiger partial charge in [-0.15, -0.1) is 0 Å². The number of allylic oxidation sites excluding steroid dienone is 2. The Kier molecular flexibility index (Phi) is 4.45. The Morgan fingerprint density at radius 2 is 1.81 bits per heavy atom. The quantitative estimate of drug-likeness (QED) is 0.612. The second-order valence-electron chi connectivity index (χ2n) is 3.78. The van der Waals surface area contributed by atoms with Crippen molar-refractivity contribution in [3.8, 4) is 0 Å². The average molecular weight is 216 g/mol. The molecule has 3 nitrogen and oxygen atoms in total. The van der Waals surface area contributed by atoms with Gasteiger partial charge in [0.15, 0.2) is 0 Å². The van der Waals surface area contributed by atoms with Gasteiger partial charge in [-0.1, -0.05) is 23.8 Å². The lowest BCUT2D eigenvalue weighted by molar-refractivity contribution is 0.0955. The van der Waals surface area contributed by atoms with Crippen LogP contribution in [0, 0.1) is 0 Å². The Balaban J connectivity index is 2.63. The molecule has 0 radical (unpaired) electrons. The Hall–Kier alpha value is -1.90. The van der Waals surface area contributed by atoms with Crippen molar-refractivity contribution < 1.29 is 4.79 Å². The predicted octanol–water partition coefficient (Wildman–Crippen LogP) is 2.76. The molecule has 0 spiro atoms. The first-order valence-electron chi connectivity index (χ1n) is 5.14. The van der Waals surface area contributed by atoms with Gasteiger partial charge in [-0.3, -0.25) is 4.79 Å². The molecule has 0 atom stereocenters. The number of rotatable bonds is 3. The zero-order valence-corrected chi connectivity index (χ0v) is 9.82. The molecular weight excluding hydrogens is 200 g/mol. The molecule has 0 saturated heterocycles. The van der Waals surface area contributed by atoms with E-state index in [0.29, 0.717) is 5.56 Å². The van der Waals surface area contributed by atoms with Crippen LogP contribution in [0.15, 0.2) is 47.1 Å². The fourth-order valence-corrected chi connectivity index (χ4v) is 1.24. The molecule has 1 amide bonds. The highest BCUT2D eigenvalue weighted by Crippen LogP contribution is 1.98. The van der Waals surface area contributed by atoms with Gasteiger partial charge in [0, 0.05) is 5.56 Å². The molecule has 16 heavy (non-hydrogen) atoms. The van der Waals surface area contributed by atoms with Crippen LogP contribution in [0.25, 0.3) is 0 Å². The lowest BCUT2D eigenvalue weighted by Crippen LogP contribution is -2.18. The van der Waals surface area contributed by atoms with E-state index in [1.807, 2.05) is 45.0 Å². The third kappa shape index (κ3) is 4.09. The summed E-state index contributed by atoms with van der Waals surface area (Å²) in [6, 6.07) is 9.01. The van der Waals surface area contributed by atoms with E-state index in [9.17, 15) is 4.79 Å². The van der Waals surface area contributed by atoms with Crippen molar-refractivity contribution in [3.05, 3.63) is 47.5 Å². The summed E-state index contributed by atoms with van der Waals surface area (Å²) in [7, 11) is 0. The normalized spacial score (nSPS) is 10.8. The highest BCUT2D eigenvalue weighted by molar-refractivity contribution is 5.97. The molecule has 0 unspecified atom stereocenters. The van der Waals surface area contributed by atoms with Crippen LogP contribution in [0.3, 0.4) is 0 Å². The van der Waals surface area contributed by atoms with Gasteiger partial charge in [-0.2, -0.15) is 5.10 Å². The number of benzene rings is 1. The van der Waals surface area contributed by atoms with Crippen LogP contribution < -0.4 is 5.43 Å². The molecule has 0 aromatic heterocycles. The molecule has 1 aromatic carbocycles. The third-order valence-electron chi connectivity index (χ3n) is 1.87. The molecule has 0 heterocycles. The van der Waals surface area contributed by atoms with Crippen LogP contribution in [-0.4, -0.2) is 11.6 Å². The molecule has 1 aromatic rings. The van der Waals surface area contributed by atoms with Gasteiger partial charge in [-0.25, -0.2) is 5.43 Å².